The van der Waals surface area contributed by atoms with Crippen LogP contribution >= 0.6 is 11.6 Å². The van der Waals surface area contributed by atoms with Crippen molar-refractivity contribution in [3.05, 3.63) is 48.1 Å². The zero-order valence-electron chi connectivity index (χ0n) is 18.1. The van der Waals surface area contributed by atoms with Crippen LogP contribution in [0, 0.1) is 28.6 Å². The van der Waals surface area contributed by atoms with E-state index >= 15 is 0 Å². The van der Waals surface area contributed by atoms with Crippen molar-refractivity contribution < 1.29 is 19.1 Å². The molecule has 1 unspecified atom stereocenters. The van der Waals surface area contributed by atoms with Gasteiger partial charge in [0.1, 0.15) is 0 Å². The molecule has 0 aromatic rings. The van der Waals surface area contributed by atoms with Gasteiger partial charge in [0, 0.05) is 28.7 Å². The highest BCUT2D eigenvalue weighted by Crippen LogP contribution is 2.68. The minimum Gasteiger partial charge on any atom is -0.451 e. The molecule has 4 aliphatic rings. The number of hydrogen-bond acceptors (Lipinski definition) is 4. The summed E-state index contributed by atoms with van der Waals surface area (Å²) >= 11 is 7.09. The molecule has 160 valence electrons. The number of halogens is 1. The Balaban J connectivity index is 1.85. The number of carbonyl (C=O) groups excluding carboxylic acids is 3. The number of ketones is 2. The molecule has 30 heavy (non-hydrogen) atoms. The second kappa shape index (κ2) is 6.53. The first-order valence-corrected chi connectivity index (χ1v) is 11.0. The molecule has 0 saturated heterocycles. The summed E-state index contributed by atoms with van der Waals surface area (Å²) in [7, 11) is 0. The van der Waals surface area contributed by atoms with Crippen LogP contribution in [-0.2, 0) is 19.1 Å². The van der Waals surface area contributed by atoms with Crippen molar-refractivity contribution in [1.82, 2.24) is 0 Å². The maximum absolute atomic E-state index is 12.9. The van der Waals surface area contributed by atoms with Crippen LogP contribution in [0.25, 0.3) is 0 Å². The third-order valence-corrected chi connectivity index (χ3v) is 9.42. The van der Waals surface area contributed by atoms with E-state index in [9.17, 15) is 14.4 Å². The van der Waals surface area contributed by atoms with Crippen molar-refractivity contribution in [1.29, 1.82) is 0 Å². The summed E-state index contributed by atoms with van der Waals surface area (Å²) in [6, 6.07) is 0. The van der Waals surface area contributed by atoms with Gasteiger partial charge in [-0.05, 0) is 61.2 Å². The SMILES string of the molecule is C=C1C(=C)[C@@]2(C)C(=CC1=O)C=C[C@@H]1[C@@H]2CC(Cl)[C@@]2(C)[C@H]1CC[C@]2(OC(C)=O)C(C)=O. The molecule has 4 aliphatic carbocycles. The predicted octanol–water partition coefficient (Wildman–Crippen LogP) is 4.73. The van der Waals surface area contributed by atoms with Crippen molar-refractivity contribution in [2.24, 2.45) is 28.6 Å². The maximum atomic E-state index is 12.9. The van der Waals surface area contributed by atoms with E-state index in [0.29, 0.717) is 18.4 Å². The highest BCUT2D eigenvalue weighted by Gasteiger charge is 2.70. The summed E-state index contributed by atoms with van der Waals surface area (Å²) in [5.74, 6) is -0.335. The van der Waals surface area contributed by atoms with Crippen LogP contribution in [0.15, 0.2) is 48.1 Å². The van der Waals surface area contributed by atoms with E-state index in [1.54, 1.807) is 6.08 Å². The summed E-state index contributed by atoms with van der Waals surface area (Å²) < 4.78 is 5.78. The second-order valence-electron chi connectivity index (χ2n) is 9.77. The van der Waals surface area contributed by atoms with Crippen molar-refractivity contribution >= 4 is 29.1 Å². The van der Waals surface area contributed by atoms with Crippen LogP contribution in [0.4, 0.5) is 0 Å². The first-order chi connectivity index (χ1) is 13.9. The van der Waals surface area contributed by atoms with Crippen molar-refractivity contribution in [3.8, 4) is 0 Å². The van der Waals surface area contributed by atoms with E-state index in [4.69, 9.17) is 16.3 Å². The number of esters is 1. The molecule has 0 spiro atoms. The van der Waals surface area contributed by atoms with Gasteiger partial charge >= 0.3 is 5.97 Å². The van der Waals surface area contributed by atoms with Gasteiger partial charge in [0.25, 0.3) is 0 Å². The van der Waals surface area contributed by atoms with Crippen molar-refractivity contribution in [3.63, 3.8) is 0 Å². The fraction of sp³-hybridized carbons (Fsp3) is 0.560. The molecule has 0 amide bonds. The maximum Gasteiger partial charge on any atom is 0.303 e. The molecule has 0 aromatic carbocycles. The molecular formula is C25H29ClO4. The van der Waals surface area contributed by atoms with Gasteiger partial charge in [-0.1, -0.05) is 39.2 Å². The highest BCUT2D eigenvalue weighted by atomic mass is 35.5. The summed E-state index contributed by atoms with van der Waals surface area (Å²) in [6.07, 6.45) is 7.74. The van der Waals surface area contributed by atoms with Crippen LogP contribution < -0.4 is 0 Å². The Morgan fingerprint density at radius 1 is 1.20 bits per heavy atom. The molecule has 0 radical (unpaired) electrons. The number of Topliss-reactive ketones (excluding diaryl/α,β-unsaturated/α-hetero) is 1. The number of rotatable bonds is 2. The number of carbonyl (C=O) groups is 3. The lowest BCUT2D eigenvalue weighted by Gasteiger charge is -2.59. The third-order valence-electron chi connectivity index (χ3n) is 8.79. The highest BCUT2D eigenvalue weighted by molar-refractivity contribution is 6.21. The van der Waals surface area contributed by atoms with Gasteiger partial charge in [0.2, 0.25) is 0 Å². The lowest BCUT2D eigenvalue weighted by atomic mass is 9.46. The molecular weight excluding hydrogens is 400 g/mol. The van der Waals surface area contributed by atoms with Crippen LogP contribution in [0.1, 0.15) is 47.0 Å². The summed E-state index contributed by atoms with van der Waals surface area (Å²) in [6.45, 7) is 15.2. The van der Waals surface area contributed by atoms with E-state index < -0.39 is 22.4 Å². The molecule has 2 saturated carbocycles. The van der Waals surface area contributed by atoms with Gasteiger partial charge in [-0.2, -0.15) is 0 Å². The van der Waals surface area contributed by atoms with E-state index in [-0.39, 0.29) is 34.7 Å². The average Bonchev–Trinajstić information content (AvgIpc) is 2.97. The first kappa shape index (κ1) is 21.3. The number of allylic oxidation sites excluding steroid dienone is 6. The molecule has 4 rings (SSSR count). The van der Waals surface area contributed by atoms with Crippen LogP contribution in [0.5, 0.6) is 0 Å². The zero-order valence-corrected chi connectivity index (χ0v) is 18.8. The fourth-order valence-electron chi connectivity index (χ4n) is 7.02. The molecule has 2 fully saturated rings. The summed E-state index contributed by atoms with van der Waals surface area (Å²) in [5, 5.41) is -0.363. The van der Waals surface area contributed by atoms with Crippen LogP contribution in [0.2, 0.25) is 0 Å². The van der Waals surface area contributed by atoms with Gasteiger partial charge in [-0.25, -0.2) is 0 Å². The minimum absolute atomic E-state index is 0.0790. The molecule has 0 heterocycles. The predicted molar refractivity (Wildman–Crippen MR) is 116 cm³/mol. The van der Waals surface area contributed by atoms with Gasteiger partial charge in [-0.3, -0.25) is 14.4 Å². The minimum atomic E-state index is -1.20. The second-order valence-corrected chi connectivity index (χ2v) is 10.3. The Morgan fingerprint density at radius 3 is 2.47 bits per heavy atom. The van der Waals surface area contributed by atoms with E-state index in [0.717, 1.165) is 17.6 Å². The normalized spacial score (nSPS) is 44.7. The Kier molecular flexibility index (Phi) is 4.63. The van der Waals surface area contributed by atoms with E-state index in [2.05, 4.69) is 26.2 Å². The molecule has 4 nitrogen and oxygen atoms in total. The largest absolute Gasteiger partial charge is 0.451 e. The van der Waals surface area contributed by atoms with Gasteiger partial charge < -0.3 is 4.74 Å². The zero-order chi connectivity index (χ0) is 22.2. The smallest absolute Gasteiger partial charge is 0.303 e. The van der Waals surface area contributed by atoms with E-state index in [1.807, 2.05) is 13.0 Å². The summed E-state index contributed by atoms with van der Waals surface area (Å²) in [4.78, 5) is 37.2. The van der Waals surface area contributed by atoms with Crippen LogP contribution in [-0.4, -0.2) is 28.5 Å². The van der Waals surface area contributed by atoms with Gasteiger partial charge in [0.05, 0.1) is 0 Å². The van der Waals surface area contributed by atoms with Gasteiger partial charge in [0.15, 0.2) is 17.2 Å². The van der Waals surface area contributed by atoms with Gasteiger partial charge in [-0.15, -0.1) is 11.6 Å². The number of hydrogen-bond donors (Lipinski definition) is 0. The molecule has 0 aliphatic heterocycles. The summed E-state index contributed by atoms with van der Waals surface area (Å²) in [5.41, 5.74) is -0.129. The monoisotopic (exact) mass is 428 g/mol. The lowest BCUT2D eigenvalue weighted by molar-refractivity contribution is -0.184. The third kappa shape index (κ3) is 2.37. The number of alkyl halides is 1. The van der Waals surface area contributed by atoms with Crippen molar-refractivity contribution in [2.75, 3.05) is 0 Å². The lowest BCUT2D eigenvalue weighted by Crippen LogP contribution is -2.62. The molecule has 7 atom stereocenters. The number of ether oxygens (including phenoxy) is 1. The van der Waals surface area contributed by atoms with E-state index in [1.165, 1.54) is 13.8 Å². The Hall–Kier alpha value is -1.94. The topological polar surface area (TPSA) is 60.4 Å². The standard InChI is InChI=1S/C25H29ClO4/c1-13-14(2)23(5)17(11-21(13)29)7-8-18-19-9-10-25(15(3)27,30-16(4)28)24(19,6)22(26)12-20(18)23/h7-8,11,18-20,22H,1-2,9-10,12H2,3-6H3/t18-,19-,20-,22?,23-,24+,25-/m0/s1. The number of fused-ring (bicyclic) bond motifs is 5. The average molecular weight is 429 g/mol. The quantitative estimate of drug-likeness (QED) is 0.362. The Morgan fingerprint density at radius 2 is 1.87 bits per heavy atom. The molecule has 0 aromatic heterocycles. The van der Waals surface area contributed by atoms with Crippen LogP contribution in [0.3, 0.4) is 0 Å². The molecule has 0 N–H and O–H groups in total. The first-order valence-electron chi connectivity index (χ1n) is 10.6. The Bertz CT molecular complexity index is 958. The Labute approximate surface area is 183 Å². The molecule has 5 heteroatoms. The van der Waals surface area contributed by atoms with Crippen molar-refractivity contribution in [2.45, 2.75) is 57.9 Å². The fourth-order valence-corrected chi connectivity index (χ4v) is 7.55. The molecule has 0 bridgehead atoms.